The number of thioether (sulfide) groups is 1. The molecule has 1 aliphatic rings. The molecule has 1 unspecified atom stereocenters. The predicted molar refractivity (Wildman–Crippen MR) is 83.1 cm³/mol. The van der Waals surface area contributed by atoms with Gasteiger partial charge in [-0.15, -0.1) is 0 Å². The van der Waals surface area contributed by atoms with Gasteiger partial charge in [0.05, 0.1) is 10.7 Å². The highest BCUT2D eigenvalue weighted by atomic mass is 35.5. The van der Waals surface area contributed by atoms with Crippen LogP contribution >= 0.6 is 23.4 Å². The average Bonchev–Trinajstić information content (AvgIpc) is 2.30. The molecule has 1 saturated heterocycles. The summed E-state index contributed by atoms with van der Waals surface area (Å²) >= 11 is 8.12. The van der Waals surface area contributed by atoms with Crippen molar-refractivity contribution in [2.75, 3.05) is 16.8 Å². The molecule has 5 heteroatoms. The van der Waals surface area contributed by atoms with E-state index in [1.54, 1.807) is 18.2 Å². The third-order valence-electron chi connectivity index (χ3n) is 3.22. The molecule has 1 heterocycles. The number of carbonyl (C=O) groups is 1. The van der Waals surface area contributed by atoms with Gasteiger partial charge in [-0.25, -0.2) is 0 Å². The van der Waals surface area contributed by atoms with Crippen LogP contribution in [0.25, 0.3) is 0 Å². The number of anilines is 1. The number of primary amides is 1. The van der Waals surface area contributed by atoms with Crippen LogP contribution < -0.4 is 11.1 Å². The first kappa shape index (κ1) is 14.5. The summed E-state index contributed by atoms with van der Waals surface area (Å²) in [6.45, 7) is 4.55. The molecule has 0 spiro atoms. The van der Waals surface area contributed by atoms with Gasteiger partial charge in [0.25, 0.3) is 0 Å². The molecular weight excluding hydrogens is 280 g/mol. The van der Waals surface area contributed by atoms with E-state index in [0.717, 1.165) is 17.9 Å². The van der Waals surface area contributed by atoms with Crippen LogP contribution in [0, 0.1) is 5.41 Å². The maximum Gasteiger partial charge on any atom is 0.248 e. The summed E-state index contributed by atoms with van der Waals surface area (Å²) in [5.41, 5.74) is 6.90. The predicted octanol–water partition coefficient (Wildman–Crippen LogP) is 3.38. The molecule has 0 aromatic heterocycles. The van der Waals surface area contributed by atoms with Gasteiger partial charge in [-0.2, -0.15) is 11.8 Å². The molecule has 0 bridgehead atoms. The molecule has 19 heavy (non-hydrogen) atoms. The molecule has 1 amide bonds. The largest absolute Gasteiger partial charge is 0.380 e. The molecule has 1 aliphatic heterocycles. The first-order valence-electron chi connectivity index (χ1n) is 6.31. The van der Waals surface area contributed by atoms with Crippen LogP contribution in [0.15, 0.2) is 18.2 Å². The van der Waals surface area contributed by atoms with Crippen LogP contribution in [0.3, 0.4) is 0 Å². The summed E-state index contributed by atoms with van der Waals surface area (Å²) in [4.78, 5) is 11.2. The van der Waals surface area contributed by atoms with Crippen molar-refractivity contribution in [3.63, 3.8) is 0 Å². The van der Waals surface area contributed by atoms with Crippen molar-refractivity contribution in [2.24, 2.45) is 11.1 Å². The van der Waals surface area contributed by atoms with Crippen LogP contribution in [-0.4, -0.2) is 23.5 Å². The van der Waals surface area contributed by atoms with Gasteiger partial charge in [0.1, 0.15) is 0 Å². The van der Waals surface area contributed by atoms with Crippen LogP contribution in [0.1, 0.15) is 30.6 Å². The van der Waals surface area contributed by atoms with Crippen molar-refractivity contribution in [1.29, 1.82) is 0 Å². The first-order valence-corrected chi connectivity index (χ1v) is 7.84. The Bertz CT molecular complexity index is 490. The number of hydrogen-bond donors (Lipinski definition) is 2. The second-order valence-electron chi connectivity index (χ2n) is 5.78. The van der Waals surface area contributed by atoms with E-state index in [0.29, 0.717) is 22.0 Å². The van der Waals surface area contributed by atoms with Gasteiger partial charge in [0.2, 0.25) is 5.91 Å². The van der Waals surface area contributed by atoms with E-state index in [2.05, 4.69) is 19.2 Å². The lowest BCUT2D eigenvalue weighted by atomic mass is 9.88. The van der Waals surface area contributed by atoms with E-state index in [4.69, 9.17) is 17.3 Å². The first-order chi connectivity index (χ1) is 8.87. The van der Waals surface area contributed by atoms with Crippen molar-refractivity contribution >= 4 is 35.0 Å². The number of amides is 1. The van der Waals surface area contributed by atoms with Crippen LogP contribution in [0.5, 0.6) is 0 Å². The molecule has 1 aromatic rings. The fraction of sp³-hybridized carbons (Fsp3) is 0.500. The molecule has 0 aliphatic carbocycles. The summed E-state index contributed by atoms with van der Waals surface area (Å²) in [5, 5.41) is 4.06. The summed E-state index contributed by atoms with van der Waals surface area (Å²) < 4.78 is 0. The Balaban J connectivity index is 2.14. The van der Waals surface area contributed by atoms with Gasteiger partial charge in [0, 0.05) is 17.4 Å². The van der Waals surface area contributed by atoms with E-state index < -0.39 is 5.91 Å². The van der Waals surface area contributed by atoms with Gasteiger partial charge in [-0.05, 0) is 35.8 Å². The zero-order valence-electron chi connectivity index (χ0n) is 11.2. The Kier molecular flexibility index (Phi) is 4.31. The Morgan fingerprint density at radius 2 is 2.26 bits per heavy atom. The van der Waals surface area contributed by atoms with Gasteiger partial charge >= 0.3 is 0 Å². The number of benzene rings is 1. The lowest BCUT2D eigenvalue weighted by molar-refractivity contribution is 0.100. The van der Waals surface area contributed by atoms with Crippen molar-refractivity contribution in [3.05, 3.63) is 28.8 Å². The third-order valence-corrected chi connectivity index (χ3v) is 5.17. The number of nitrogens with two attached hydrogens (primary N) is 1. The lowest BCUT2D eigenvalue weighted by Crippen LogP contribution is -2.35. The van der Waals surface area contributed by atoms with E-state index in [-0.39, 0.29) is 0 Å². The van der Waals surface area contributed by atoms with Crippen molar-refractivity contribution in [3.8, 4) is 0 Å². The normalized spacial score (nSPS) is 21.9. The molecule has 0 saturated carbocycles. The molecule has 2 rings (SSSR count). The van der Waals surface area contributed by atoms with E-state index in [9.17, 15) is 4.79 Å². The molecule has 1 aromatic carbocycles. The highest BCUT2D eigenvalue weighted by Crippen LogP contribution is 2.35. The Hall–Kier alpha value is -0.870. The van der Waals surface area contributed by atoms with Crippen molar-refractivity contribution in [1.82, 2.24) is 0 Å². The number of halogens is 1. The standard InChI is InChI=1S/C14H19ClN2OS/c1-14(2)6-10(7-19-8-14)17-12-5-9(13(16)18)3-4-11(12)15/h3-5,10,17H,6-8H2,1-2H3,(H2,16,18). The van der Waals surface area contributed by atoms with Gasteiger partial charge in [-0.1, -0.05) is 25.4 Å². The van der Waals surface area contributed by atoms with E-state index >= 15 is 0 Å². The molecule has 0 radical (unpaired) electrons. The minimum absolute atomic E-state index is 0.328. The topological polar surface area (TPSA) is 55.1 Å². The minimum atomic E-state index is -0.432. The van der Waals surface area contributed by atoms with Crippen molar-refractivity contribution < 1.29 is 4.79 Å². The number of nitrogens with one attached hydrogen (secondary N) is 1. The summed E-state index contributed by atoms with van der Waals surface area (Å²) in [6.07, 6.45) is 1.09. The van der Waals surface area contributed by atoms with Crippen LogP contribution in [0.4, 0.5) is 5.69 Å². The van der Waals surface area contributed by atoms with Gasteiger partial charge < -0.3 is 11.1 Å². The smallest absolute Gasteiger partial charge is 0.248 e. The molecular formula is C14H19ClN2OS. The second-order valence-corrected chi connectivity index (χ2v) is 7.22. The minimum Gasteiger partial charge on any atom is -0.380 e. The summed E-state index contributed by atoms with van der Waals surface area (Å²) in [5.74, 6) is 1.80. The lowest BCUT2D eigenvalue weighted by Gasteiger charge is -2.35. The maximum atomic E-state index is 11.2. The molecule has 3 nitrogen and oxygen atoms in total. The monoisotopic (exact) mass is 298 g/mol. The molecule has 3 N–H and O–H groups in total. The van der Waals surface area contributed by atoms with Gasteiger partial charge in [-0.3, -0.25) is 4.79 Å². The fourth-order valence-corrected chi connectivity index (χ4v) is 3.81. The number of carbonyl (C=O) groups excluding carboxylic acids is 1. The highest BCUT2D eigenvalue weighted by Gasteiger charge is 2.28. The fourth-order valence-electron chi connectivity index (χ4n) is 2.36. The average molecular weight is 299 g/mol. The molecule has 104 valence electrons. The van der Waals surface area contributed by atoms with E-state index in [1.807, 2.05) is 11.8 Å². The van der Waals surface area contributed by atoms with E-state index in [1.165, 1.54) is 5.75 Å². The number of hydrogen-bond acceptors (Lipinski definition) is 3. The van der Waals surface area contributed by atoms with Gasteiger partial charge in [0.15, 0.2) is 0 Å². The van der Waals surface area contributed by atoms with Crippen LogP contribution in [0.2, 0.25) is 5.02 Å². The Labute approximate surface area is 123 Å². The third kappa shape index (κ3) is 3.80. The molecule has 1 fully saturated rings. The highest BCUT2D eigenvalue weighted by molar-refractivity contribution is 7.99. The summed E-state index contributed by atoms with van der Waals surface area (Å²) in [7, 11) is 0. The SMILES string of the molecule is CC1(C)CSCC(Nc2cc(C(N)=O)ccc2Cl)C1. The second kappa shape index (κ2) is 5.63. The Morgan fingerprint density at radius 3 is 2.89 bits per heavy atom. The maximum absolute atomic E-state index is 11.2. The van der Waals surface area contributed by atoms with Crippen LogP contribution in [-0.2, 0) is 0 Å². The quantitative estimate of drug-likeness (QED) is 0.899. The zero-order chi connectivity index (χ0) is 14.0. The molecule has 1 atom stereocenters. The number of rotatable bonds is 3. The van der Waals surface area contributed by atoms with Crippen molar-refractivity contribution in [2.45, 2.75) is 26.3 Å². The Morgan fingerprint density at radius 1 is 1.53 bits per heavy atom. The zero-order valence-corrected chi connectivity index (χ0v) is 12.8. The summed E-state index contributed by atoms with van der Waals surface area (Å²) in [6, 6.07) is 5.46.